The lowest BCUT2D eigenvalue weighted by Gasteiger charge is -2.37. The number of aromatic nitrogens is 2. The van der Waals surface area contributed by atoms with E-state index in [9.17, 15) is 14.4 Å². The first-order chi connectivity index (χ1) is 14.5. The first kappa shape index (κ1) is 19.9. The van der Waals surface area contributed by atoms with Crippen LogP contribution in [0.1, 0.15) is 29.0 Å². The Kier molecular flexibility index (Phi) is 5.43. The molecule has 9 nitrogen and oxygen atoms in total. The number of H-pyrrole nitrogens is 1. The van der Waals surface area contributed by atoms with Gasteiger partial charge in [0.2, 0.25) is 0 Å². The number of ether oxygens (including phenoxy) is 2. The van der Waals surface area contributed by atoms with Crippen molar-refractivity contribution in [3.63, 3.8) is 0 Å². The molecule has 2 aliphatic rings. The van der Waals surface area contributed by atoms with Crippen LogP contribution in [-0.4, -0.2) is 70.2 Å². The Labute approximate surface area is 173 Å². The summed E-state index contributed by atoms with van der Waals surface area (Å²) in [5, 5.41) is 0. The maximum Gasteiger partial charge on any atom is 0.410 e. The summed E-state index contributed by atoms with van der Waals surface area (Å²) in [6.07, 6.45) is 2.01. The van der Waals surface area contributed by atoms with Crippen molar-refractivity contribution in [2.75, 3.05) is 32.8 Å². The summed E-state index contributed by atoms with van der Waals surface area (Å²) in [4.78, 5) is 46.8. The number of hydrogen-bond acceptors (Lipinski definition) is 6. The lowest BCUT2D eigenvalue weighted by Crippen LogP contribution is -2.49. The third-order valence-electron chi connectivity index (χ3n) is 5.53. The molecule has 2 saturated heterocycles. The summed E-state index contributed by atoms with van der Waals surface area (Å²) < 4.78 is 11.4. The number of aryl methyl sites for hydroxylation is 1. The Morgan fingerprint density at radius 1 is 1.23 bits per heavy atom. The predicted octanol–water partition coefficient (Wildman–Crippen LogP) is 1.58. The molecule has 1 aromatic heterocycles. The minimum absolute atomic E-state index is 0.0275. The Morgan fingerprint density at radius 3 is 2.67 bits per heavy atom. The van der Waals surface area contributed by atoms with E-state index < -0.39 is 11.2 Å². The molecule has 1 N–H and O–H groups in total. The normalized spacial score (nSPS) is 17.8. The fourth-order valence-electron chi connectivity index (χ4n) is 3.84. The quantitative estimate of drug-likeness (QED) is 0.800. The van der Waals surface area contributed by atoms with E-state index >= 15 is 0 Å². The zero-order valence-corrected chi connectivity index (χ0v) is 16.8. The number of nitrogens with one attached hydrogen (secondary N) is 1. The number of nitrogens with zero attached hydrogens (tertiary/aromatic N) is 3. The highest BCUT2D eigenvalue weighted by molar-refractivity contribution is 5.93. The van der Waals surface area contributed by atoms with Crippen LogP contribution in [0.4, 0.5) is 4.79 Å². The van der Waals surface area contributed by atoms with Gasteiger partial charge in [-0.1, -0.05) is 18.2 Å². The smallest absolute Gasteiger partial charge is 0.410 e. The second-order valence-electron chi connectivity index (χ2n) is 7.64. The third-order valence-corrected chi connectivity index (χ3v) is 5.53. The molecule has 2 aromatic rings. The van der Waals surface area contributed by atoms with Gasteiger partial charge in [0.1, 0.15) is 29.3 Å². The molecule has 0 saturated carbocycles. The van der Waals surface area contributed by atoms with E-state index in [1.54, 1.807) is 16.7 Å². The van der Waals surface area contributed by atoms with Crippen molar-refractivity contribution in [2.24, 2.45) is 0 Å². The molecular weight excluding hydrogens is 388 g/mol. The van der Waals surface area contributed by atoms with Gasteiger partial charge in [-0.25, -0.2) is 9.78 Å². The van der Waals surface area contributed by atoms with Crippen molar-refractivity contribution in [3.8, 4) is 5.75 Å². The van der Waals surface area contributed by atoms with E-state index in [-0.39, 0.29) is 17.6 Å². The summed E-state index contributed by atoms with van der Waals surface area (Å²) in [7, 11) is 0. The first-order valence-electron chi connectivity index (χ1n) is 9.97. The Morgan fingerprint density at radius 2 is 1.97 bits per heavy atom. The lowest BCUT2D eigenvalue weighted by molar-refractivity contribution is 0.00307. The fraction of sp³-hybridized carbons (Fsp3) is 0.429. The minimum Gasteiger partial charge on any atom is -0.492 e. The number of para-hydroxylation sites is 1. The van der Waals surface area contributed by atoms with Gasteiger partial charge in [-0.15, -0.1) is 0 Å². The molecule has 0 aliphatic carbocycles. The molecule has 4 rings (SSSR count). The molecule has 30 heavy (non-hydrogen) atoms. The average molecular weight is 412 g/mol. The molecule has 3 heterocycles. The molecule has 9 heteroatoms. The number of rotatable bonds is 5. The van der Waals surface area contributed by atoms with Crippen molar-refractivity contribution < 1.29 is 19.1 Å². The van der Waals surface area contributed by atoms with Crippen LogP contribution < -0.4 is 10.3 Å². The summed E-state index contributed by atoms with van der Waals surface area (Å²) in [5.41, 5.74) is -1.01. The highest BCUT2D eigenvalue weighted by atomic mass is 16.6. The minimum atomic E-state index is -0.599. The van der Waals surface area contributed by atoms with E-state index in [4.69, 9.17) is 9.47 Å². The standard InChI is InChI=1S/C21H24N4O5/c1-15-22-13-17(18(26)23-15)19(27)24-9-7-21(8-10-24)14-25(20(28)30-21)11-12-29-16-5-3-2-4-6-16/h2-6,13H,7-12,14H2,1H3,(H,22,23,26). The molecule has 0 atom stereocenters. The summed E-state index contributed by atoms with van der Waals surface area (Å²) in [6.45, 7) is 3.76. The lowest BCUT2D eigenvalue weighted by atomic mass is 9.91. The molecule has 158 valence electrons. The SMILES string of the molecule is Cc1ncc(C(=O)N2CCC3(CC2)CN(CCOc2ccccc2)C(=O)O3)c(=O)[nH]1. The van der Waals surface area contributed by atoms with Gasteiger partial charge in [-0.3, -0.25) is 9.59 Å². The second kappa shape index (κ2) is 8.17. The van der Waals surface area contributed by atoms with Crippen LogP contribution in [0.25, 0.3) is 0 Å². The second-order valence-corrected chi connectivity index (χ2v) is 7.64. The molecule has 1 spiro atoms. The summed E-state index contributed by atoms with van der Waals surface area (Å²) in [6, 6.07) is 9.43. The average Bonchev–Trinajstić information content (AvgIpc) is 3.03. The Hall–Kier alpha value is -3.36. The highest BCUT2D eigenvalue weighted by Gasteiger charge is 2.47. The largest absolute Gasteiger partial charge is 0.492 e. The van der Waals surface area contributed by atoms with E-state index in [2.05, 4.69) is 9.97 Å². The van der Waals surface area contributed by atoms with Gasteiger partial charge in [0, 0.05) is 32.1 Å². The van der Waals surface area contributed by atoms with Crippen LogP contribution in [0.5, 0.6) is 5.75 Å². The molecule has 0 radical (unpaired) electrons. The van der Waals surface area contributed by atoms with Gasteiger partial charge >= 0.3 is 6.09 Å². The van der Waals surface area contributed by atoms with Crippen molar-refractivity contribution in [1.82, 2.24) is 19.8 Å². The Balaban J connectivity index is 1.31. The van der Waals surface area contributed by atoms with Gasteiger partial charge in [0.15, 0.2) is 0 Å². The fourth-order valence-corrected chi connectivity index (χ4v) is 3.84. The number of hydrogen-bond donors (Lipinski definition) is 1. The number of aromatic amines is 1. The maximum absolute atomic E-state index is 12.7. The number of benzene rings is 1. The molecular formula is C21H24N4O5. The number of piperidine rings is 1. The van der Waals surface area contributed by atoms with Crippen molar-refractivity contribution >= 4 is 12.0 Å². The van der Waals surface area contributed by atoms with Gasteiger partial charge in [0.05, 0.1) is 13.1 Å². The van der Waals surface area contributed by atoms with Crippen LogP contribution >= 0.6 is 0 Å². The van der Waals surface area contributed by atoms with Gasteiger partial charge < -0.3 is 24.3 Å². The molecule has 2 fully saturated rings. The topological polar surface area (TPSA) is 105 Å². The maximum atomic E-state index is 12.7. The third kappa shape index (κ3) is 4.14. The summed E-state index contributed by atoms with van der Waals surface area (Å²) in [5.74, 6) is 0.867. The van der Waals surface area contributed by atoms with E-state index in [1.165, 1.54) is 6.20 Å². The van der Waals surface area contributed by atoms with Crippen molar-refractivity contribution in [2.45, 2.75) is 25.4 Å². The zero-order valence-electron chi connectivity index (χ0n) is 16.8. The first-order valence-corrected chi connectivity index (χ1v) is 9.97. The molecule has 0 unspecified atom stereocenters. The molecule has 2 aliphatic heterocycles. The Bertz CT molecular complexity index is 982. The number of carbonyl (C=O) groups excluding carboxylic acids is 2. The van der Waals surface area contributed by atoms with Crippen LogP contribution in [0.3, 0.4) is 0 Å². The highest BCUT2D eigenvalue weighted by Crippen LogP contribution is 2.33. The van der Waals surface area contributed by atoms with E-state index in [1.807, 2.05) is 30.3 Å². The van der Waals surface area contributed by atoms with Crippen LogP contribution in [0.15, 0.2) is 41.3 Å². The molecule has 2 amide bonds. The van der Waals surface area contributed by atoms with Crippen molar-refractivity contribution in [1.29, 1.82) is 0 Å². The molecule has 0 bridgehead atoms. The van der Waals surface area contributed by atoms with E-state index in [0.717, 1.165) is 5.75 Å². The predicted molar refractivity (Wildman–Crippen MR) is 107 cm³/mol. The van der Waals surface area contributed by atoms with E-state index in [0.29, 0.717) is 51.5 Å². The van der Waals surface area contributed by atoms with Gasteiger partial charge in [-0.05, 0) is 19.1 Å². The van der Waals surface area contributed by atoms with Crippen LogP contribution in [-0.2, 0) is 4.74 Å². The monoisotopic (exact) mass is 412 g/mol. The van der Waals surface area contributed by atoms with Crippen LogP contribution in [0.2, 0.25) is 0 Å². The zero-order chi connectivity index (χ0) is 21.1. The van der Waals surface area contributed by atoms with Crippen LogP contribution in [0, 0.1) is 6.92 Å². The summed E-state index contributed by atoms with van der Waals surface area (Å²) >= 11 is 0. The molecule has 1 aromatic carbocycles. The van der Waals surface area contributed by atoms with Gasteiger partial charge in [0.25, 0.3) is 11.5 Å². The van der Waals surface area contributed by atoms with Crippen molar-refractivity contribution in [3.05, 3.63) is 58.3 Å². The number of likely N-dealkylation sites (tertiary alicyclic amines) is 1. The van der Waals surface area contributed by atoms with Gasteiger partial charge in [-0.2, -0.15) is 0 Å². The number of carbonyl (C=O) groups is 2. The number of amides is 2.